The molecule has 18 heavy (non-hydrogen) atoms. The Morgan fingerprint density at radius 1 is 1.28 bits per heavy atom. The Morgan fingerprint density at radius 3 is 2.72 bits per heavy atom. The van der Waals surface area contributed by atoms with Crippen molar-refractivity contribution < 1.29 is 9.53 Å². The van der Waals surface area contributed by atoms with Gasteiger partial charge in [-0.1, -0.05) is 24.6 Å². The molecule has 0 spiro atoms. The Morgan fingerprint density at radius 2 is 2.00 bits per heavy atom. The molecule has 1 heterocycles. The van der Waals surface area contributed by atoms with Crippen molar-refractivity contribution in [3.05, 3.63) is 29.8 Å². The van der Waals surface area contributed by atoms with E-state index in [9.17, 15) is 4.79 Å². The lowest BCUT2D eigenvalue weighted by molar-refractivity contribution is -0.128. The highest BCUT2D eigenvalue weighted by Crippen LogP contribution is 2.15. The third-order valence-corrected chi connectivity index (χ3v) is 3.09. The molecule has 1 aliphatic rings. The molecule has 0 aliphatic carbocycles. The van der Waals surface area contributed by atoms with Gasteiger partial charge in [0.05, 0.1) is 0 Å². The molecule has 0 radical (unpaired) electrons. The predicted molar refractivity (Wildman–Crippen MR) is 70.2 cm³/mol. The number of ether oxygens (including phenoxy) is 1. The van der Waals surface area contributed by atoms with Gasteiger partial charge in [0.2, 0.25) is 0 Å². The number of hydrogen-bond acceptors (Lipinski definition) is 3. The number of carbonyl (C=O) groups excluding carboxylic acids is 1. The van der Waals surface area contributed by atoms with E-state index in [1.54, 1.807) is 0 Å². The van der Waals surface area contributed by atoms with Crippen LogP contribution in [0.25, 0.3) is 0 Å². The molecule has 0 unspecified atom stereocenters. The Hall–Kier alpha value is -1.55. The molecule has 0 saturated carbocycles. The van der Waals surface area contributed by atoms with E-state index in [-0.39, 0.29) is 12.5 Å². The zero-order valence-electron chi connectivity index (χ0n) is 10.8. The SMILES string of the molecule is Cc1ccccc1OCC(=O)NN1CCCCC1. The minimum absolute atomic E-state index is 0.0708. The van der Waals surface area contributed by atoms with E-state index in [4.69, 9.17) is 4.74 Å². The maximum Gasteiger partial charge on any atom is 0.272 e. The van der Waals surface area contributed by atoms with E-state index in [0.29, 0.717) is 0 Å². The zero-order valence-corrected chi connectivity index (χ0v) is 10.8. The molecule has 4 heteroatoms. The second-order valence-electron chi connectivity index (χ2n) is 4.64. The van der Waals surface area contributed by atoms with Crippen LogP contribution in [0.4, 0.5) is 0 Å². The molecule has 1 saturated heterocycles. The van der Waals surface area contributed by atoms with E-state index in [1.807, 2.05) is 36.2 Å². The average molecular weight is 248 g/mol. The Bertz CT molecular complexity index is 401. The maximum absolute atomic E-state index is 11.7. The summed E-state index contributed by atoms with van der Waals surface area (Å²) in [4.78, 5) is 11.7. The summed E-state index contributed by atoms with van der Waals surface area (Å²) < 4.78 is 5.50. The van der Waals surface area contributed by atoms with E-state index >= 15 is 0 Å². The van der Waals surface area contributed by atoms with Crippen molar-refractivity contribution in [1.82, 2.24) is 10.4 Å². The Kier molecular flexibility index (Phi) is 4.59. The van der Waals surface area contributed by atoms with Crippen LogP contribution in [0.3, 0.4) is 0 Å². The van der Waals surface area contributed by atoms with Gasteiger partial charge in [-0.3, -0.25) is 10.2 Å². The van der Waals surface area contributed by atoms with Gasteiger partial charge in [0.25, 0.3) is 5.91 Å². The summed E-state index contributed by atoms with van der Waals surface area (Å²) in [5.41, 5.74) is 3.92. The van der Waals surface area contributed by atoms with Gasteiger partial charge in [-0.05, 0) is 31.4 Å². The number of nitrogens with zero attached hydrogens (tertiary/aromatic N) is 1. The van der Waals surface area contributed by atoms with Gasteiger partial charge < -0.3 is 4.74 Å². The molecular formula is C14H20N2O2. The van der Waals surface area contributed by atoms with Crippen LogP contribution < -0.4 is 10.2 Å². The molecule has 0 bridgehead atoms. The summed E-state index contributed by atoms with van der Waals surface area (Å²) in [7, 11) is 0. The van der Waals surface area contributed by atoms with Crippen molar-refractivity contribution in [2.45, 2.75) is 26.2 Å². The fraction of sp³-hybridized carbons (Fsp3) is 0.500. The van der Waals surface area contributed by atoms with Crippen molar-refractivity contribution in [1.29, 1.82) is 0 Å². The largest absolute Gasteiger partial charge is 0.483 e. The summed E-state index contributed by atoms with van der Waals surface area (Å²) in [6.07, 6.45) is 3.56. The molecule has 1 aromatic carbocycles. The highest BCUT2D eigenvalue weighted by molar-refractivity contribution is 5.77. The monoisotopic (exact) mass is 248 g/mol. The van der Waals surface area contributed by atoms with Crippen LogP contribution in [0.15, 0.2) is 24.3 Å². The minimum Gasteiger partial charge on any atom is -0.483 e. The highest BCUT2D eigenvalue weighted by Gasteiger charge is 2.13. The lowest BCUT2D eigenvalue weighted by Crippen LogP contribution is -2.46. The number of amides is 1. The highest BCUT2D eigenvalue weighted by atomic mass is 16.5. The van der Waals surface area contributed by atoms with E-state index in [1.165, 1.54) is 6.42 Å². The third kappa shape index (κ3) is 3.74. The molecule has 1 aliphatic heterocycles. The normalized spacial score (nSPS) is 16.3. The maximum atomic E-state index is 11.7. The number of piperidine rings is 1. The summed E-state index contributed by atoms with van der Waals surface area (Å²) in [5, 5.41) is 1.98. The second-order valence-corrected chi connectivity index (χ2v) is 4.64. The molecule has 0 aromatic heterocycles. The molecule has 1 amide bonds. The van der Waals surface area contributed by atoms with Crippen LogP contribution in [0.2, 0.25) is 0 Å². The van der Waals surface area contributed by atoms with E-state index in [0.717, 1.165) is 37.2 Å². The lowest BCUT2D eigenvalue weighted by atomic mass is 10.2. The van der Waals surface area contributed by atoms with Crippen molar-refractivity contribution in [3.63, 3.8) is 0 Å². The molecule has 1 N–H and O–H groups in total. The molecule has 0 atom stereocenters. The number of hydrazine groups is 1. The van der Waals surface area contributed by atoms with Crippen LogP contribution in [0.5, 0.6) is 5.75 Å². The zero-order chi connectivity index (χ0) is 12.8. The van der Waals surface area contributed by atoms with Crippen LogP contribution in [-0.2, 0) is 4.79 Å². The van der Waals surface area contributed by atoms with Crippen molar-refractivity contribution in [2.24, 2.45) is 0 Å². The number of aryl methyl sites for hydroxylation is 1. The molecule has 1 aromatic rings. The summed E-state index contributed by atoms with van der Waals surface area (Å²) in [6.45, 7) is 3.92. The van der Waals surface area contributed by atoms with Crippen molar-refractivity contribution >= 4 is 5.91 Å². The fourth-order valence-corrected chi connectivity index (χ4v) is 2.08. The molecule has 4 nitrogen and oxygen atoms in total. The average Bonchev–Trinajstić information content (AvgIpc) is 2.39. The summed E-state index contributed by atoms with van der Waals surface area (Å²) in [6, 6.07) is 7.71. The quantitative estimate of drug-likeness (QED) is 0.884. The van der Waals surface area contributed by atoms with Gasteiger partial charge in [-0.25, -0.2) is 5.01 Å². The lowest BCUT2D eigenvalue weighted by Gasteiger charge is -2.26. The number of carbonyl (C=O) groups is 1. The van der Waals surface area contributed by atoms with Gasteiger partial charge in [-0.2, -0.15) is 0 Å². The van der Waals surface area contributed by atoms with Gasteiger partial charge in [-0.15, -0.1) is 0 Å². The van der Waals surface area contributed by atoms with Gasteiger partial charge in [0.1, 0.15) is 5.75 Å². The summed E-state index contributed by atoms with van der Waals surface area (Å²) in [5.74, 6) is 0.687. The molecule has 98 valence electrons. The van der Waals surface area contributed by atoms with E-state index in [2.05, 4.69) is 5.43 Å². The van der Waals surface area contributed by atoms with Gasteiger partial charge in [0, 0.05) is 13.1 Å². The van der Waals surface area contributed by atoms with Gasteiger partial charge >= 0.3 is 0 Å². The minimum atomic E-state index is -0.0832. The molecular weight excluding hydrogens is 228 g/mol. The van der Waals surface area contributed by atoms with Crippen LogP contribution in [-0.4, -0.2) is 30.6 Å². The number of hydrogen-bond donors (Lipinski definition) is 1. The fourth-order valence-electron chi connectivity index (χ4n) is 2.08. The first kappa shape index (κ1) is 12.9. The topological polar surface area (TPSA) is 41.6 Å². The van der Waals surface area contributed by atoms with Crippen molar-refractivity contribution in [3.8, 4) is 5.75 Å². The second kappa shape index (κ2) is 6.40. The number of benzene rings is 1. The standard InChI is InChI=1S/C14H20N2O2/c1-12-7-3-4-8-13(12)18-11-14(17)15-16-9-5-2-6-10-16/h3-4,7-8H,2,5-6,9-11H2,1H3,(H,15,17). The number of para-hydroxylation sites is 1. The number of rotatable bonds is 4. The first-order chi connectivity index (χ1) is 8.75. The predicted octanol–water partition coefficient (Wildman–Crippen LogP) is 1.89. The Balaban J connectivity index is 1.76. The molecule has 1 fully saturated rings. The van der Waals surface area contributed by atoms with Crippen LogP contribution in [0.1, 0.15) is 24.8 Å². The van der Waals surface area contributed by atoms with E-state index < -0.39 is 0 Å². The van der Waals surface area contributed by atoms with Crippen LogP contribution in [0, 0.1) is 6.92 Å². The number of nitrogens with one attached hydrogen (secondary N) is 1. The molecule has 2 rings (SSSR count). The summed E-state index contributed by atoms with van der Waals surface area (Å²) >= 11 is 0. The Labute approximate surface area is 108 Å². The first-order valence-corrected chi connectivity index (χ1v) is 6.48. The smallest absolute Gasteiger partial charge is 0.272 e. The third-order valence-electron chi connectivity index (χ3n) is 3.09. The first-order valence-electron chi connectivity index (χ1n) is 6.48. The van der Waals surface area contributed by atoms with Crippen LogP contribution >= 0.6 is 0 Å². The van der Waals surface area contributed by atoms with Gasteiger partial charge in [0.15, 0.2) is 6.61 Å². The van der Waals surface area contributed by atoms with Crippen molar-refractivity contribution in [2.75, 3.05) is 19.7 Å².